The number of hydrogen-bond acceptors (Lipinski definition) is 3. The molecule has 1 amide bonds. The first-order valence-electron chi connectivity index (χ1n) is 7.72. The highest BCUT2D eigenvalue weighted by Gasteiger charge is 2.24. The van der Waals surface area contributed by atoms with Gasteiger partial charge >= 0.3 is 0 Å². The summed E-state index contributed by atoms with van der Waals surface area (Å²) in [5, 5.41) is 0. The van der Waals surface area contributed by atoms with E-state index in [1.54, 1.807) is 12.0 Å². The van der Waals surface area contributed by atoms with E-state index in [4.69, 9.17) is 4.74 Å². The van der Waals surface area contributed by atoms with Crippen LogP contribution in [0.4, 0.5) is 10.1 Å². The molecule has 0 bridgehead atoms. The van der Waals surface area contributed by atoms with Crippen molar-refractivity contribution in [2.24, 2.45) is 0 Å². The first-order valence-corrected chi connectivity index (χ1v) is 8.51. The van der Waals surface area contributed by atoms with Gasteiger partial charge in [0, 0.05) is 42.4 Å². The minimum Gasteiger partial charge on any atom is -0.497 e. The summed E-state index contributed by atoms with van der Waals surface area (Å²) in [6.45, 7) is 2.75. The highest BCUT2D eigenvalue weighted by Crippen LogP contribution is 2.24. The third-order valence-corrected chi connectivity index (χ3v) is 4.80. The number of halogens is 2. The molecule has 3 rings (SSSR count). The van der Waals surface area contributed by atoms with E-state index in [-0.39, 0.29) is 11.7 Å². The molecule has 0 unspecified atom stereocenters. The topological polar surface area (TPSA) is 32.8 Å². The molecule has 1 fully saturated rings. The average Bonchev–Trinajstić information content (AvgIpc) is 2.61. The van der Waals surface area contributed by atoms with Crippen LogP contribution in [0.15, 0.2) is 46.9 Å². The molecule has 1 heterocycles. The minimum absolute atomic E-state index is 0.0767. The number of rotatable bonds is 3. The summed E-state index contributed by atoms with van der Waals surface area (Å²) >= 11 is 3.27. The van der Waals surface area contributed by atoms with E-state index in [0.29, 0.717) is 23.1 Å². The predicted molar refractivity (Wildman–Crippen MR) is 95.2 cm³/mol. The number of hydrogen-bond donors (Lipinski definition) is 0. The average molecular weight is 393 g/mol. The van der Waals surface area contributed by atoms with E-state index >= 15 is 0 Å². The smallest absolute Gasteiger partial charge is 0.255 e. The van der Waals surface area contributed by atoms with Crippen LogP contribution in [-0.2, 0) is 0 Å². The van der Waals surface area contributed by atoms with Gasteiger partial charge in [-0.3, -0.25) is 4.79 Å². The van der Waals surface area contributed by atoms with Crippen LogP contribution in [0.25, 0.3) is 0 Å². The lowest BCUT2D eigenvalue weighted by atomic mass is 10.1. The van der Waals surface area contributed by atoms with E-state index in [9.17, 15) is 9.18 Å². The van der Waals surface area contributed by atoms with Crippen LogP contribution >= 0.6 is 15.9 Å². The Labute approximate surface area is 149 Å². The number of piperazine rings is 1. The first-order chi connectivity index (χ1) is 11.6. The Morgan fingerprint density at radius 3 is 2.54 bits per heavy atom. The molecule has 2 aromatic carbocycles. The van der Waals surface area contributed by atoms with Gasteiger partial charge in [-0.25, -0.2) is 4.39 Å². The molecule has 1 saturated heterocycles. The third-order valence-electron chi connectivity index (χ3n) is 4.15. The molecule has 0 aliphatic carbocycles. The number of nitrogens with zero attached hydrogens (tertiary/aromatic N) is 2. The molecule has 0 spiro atoms. The number of carbonyl (C=O) groups excluding carboxylic acids is 1. The predicted octanol–water partition coefficient (Wildman–Crippen LogP) is 3.56. The molecule has 24 heavy (non-hydrogen) atoms. The molecule has 0 radical (unpaired) electrons. The standard InChI is InChI=1S/C18H18BrFN2O2/c1-24-15-4-2-3-14(12-15)21-7-9-22(10-8-21)18(23)16-6-5-13(20)11-17(16)19/h2-6,11-12H,7-10H2,1H3. The maximum absolute atomic E-state index is 13.2. The summed E-state index contributed by atoms with van der Waals surface area (Å²) in [7, 11) is 1.65. The normalized spacial score (nSPS) is 14.6. The molecular formula is C18H18BrFN2O2. The van der Waals surface area contributed by atoms with Crippen molar-refractivity contribution in [1.29, 1.82) is 0 Å². The van der Waals surface area contributed by atoms with Gasteiger partial charge in [-0.15, -0.1) is 0 Å². The Balaban J connectivity index is 1.67. The fraction of sp³-hybridized carbons (Fsp3) is 0.278. The number of benzene rings is 2. The Kier molecular flexibility index (Phi) is 5.04. The largest absolute Gasteiger partial charge is 0.497 e. The maximum Gasteiger partial charge on any atom is 0.255 e. The SMILES string of the molecule is COc1cccc(N2CCN(C(=O)c3ccc(F)cc3Br)CC2)c1. The van der Waals surface area contributed by atoms with Crippen molar-refractivity contribution < 1.29 is 13.9 Å². The van der Waals surface area contributed by atoms with Crippen LogP contribution in [0.2, 0.25) is 0 Å². The summed E-state index contributed by atoms with van der Waals surface area (Å²) in [6.07, 6.45) is 0. The molecule has 2 aromatic rings. The number of ether oxygens (including phenoxy) is 1. The van der Waals surface area contributed by atoms with Crippen LogP contribution < -0.4 is 9.64 Å². The summed E-state index contributed by atoms with van der Waals surface area (Å²) in [6, 6.07) is 12.1. The van der Waals surface area contributed by atoms with Crippen molar-refractivity contribution >= 4 is 27.5 Å². The van der Waals surface area contributed by atoms with E-state index in [0.717, 1.165) is 24.5 Å². The number of amides is 1. The first kappa shape index (κ1) is 16.8. The molecule has 6 heteroatoms. The molecule has 0 aromatic heterocycles. The molecule has 0 N–H and O–H groups in total. The van der Waals surface area contributed by atoms with Gasteiger partial charge in [0.1, 0.15) is 11.6 Å². The minimum atomic E-state index is -0.360. The van der Waals surface area contributed by atoms with Gasteiger partial charge in [-0.1, -0.05) is 6.07 Å². The highest BCUT2D eigenvalue weighted by molar-refractivity contribution is 9.10. The molecule has 0 saturated carbocycles. The van der Waals surface area contributed by atoms with Gasteiger partial charge in [-0.05, 0) is 46.3 Å². The zero-order chi connectivity index (χ0) is 17.1. The number of carbonyl (C=O) groups is 1. The second-order valence-corrected chi connectivity index (χ2v) is 6.46. The second-order valence-electron chi connectivity index (χ2n) is 5.60. The van der Waals surface area contributed by atoms with Gasteiger partial charge in [-0.2, -0.15) is 0 Å². The van der Waals surface area contributed by atoms with Crippen molar-refractivity contribution in [3.8, 4) is 5.75 Å². The molecular weight excluding hydrogens is 375 g/mol. The fourth-order valence-corrected chi connectivity index (χ4v) is 3.33. The Bertz CT molecular complexity index is 746. The second kappa shape index (κ2) is 7.21. The summed E-state index contributed by atoms with van der Waals surface area (Å²) in [4.78, 5) is 16.6. The maximum atomic E-state index is 13.2. The Morgan fingerprint density at radius 1 is 1.12 bits per heavy atom. The van der Waals surface area contributed by atoms with Gasteiger partial charge < -0.3 is 14.5 Å². The fourth-order valence-electron chi connectivity index (χ4n) is 2.81. The van der Waals surface area contributed by atoms with Crippen molar-refractivity contribution in [3.05, 3.63) is 58.3 Å². The van der Waals surface area contributed by atoms with Gasteiger partial charge in [0.15, 0.2) is 0 Å². The Morgan fingerprint density at radius 2 is 1.88 bits per heavy atom. The monoisotopic (exact) mass is 392 g/mol. The van der Waals surface area contributed by atoms with E-state index in [1.165, 1.54) is 18.2 Å². The van der Waals surface area contributed by atoms with Crippen LogP contribution in [-0.4, -0.2) is 44.1 Å². The summed E-state index contributed by atoms with van der Waals surface area (Å²) < 4.78 is 18.9. The van der Waals surface area contributed by atoms with E-state index in [2.05, 4.69) is 20.8 Å². The summed E-state index contributed by atoms with van der Waals surface area (Å²) in [5.41, 5.74) is 1.58. The van der Waals surface area contributed by atoms with Crippen LogP contribution in [0.1, 0.15) is 10.4 Å². The molecule has 0 atom stereocenters. The van der Waals surface area contributed by atoms with Gasteiger partial charge in [0.25, 0.3) is 5.91 Å². The quantitative estimate of drug-likeness (QED) is 0.800. The zero-order valence-electron chi connectivity index (χ0n) is 13.3. The van der Waals surface area contributed by atoms with E-state index < -0.39 is 0 Å². The lowest BCUT2D eigenvalue weighted by Crippen LogP contribution is -2.48. The van der Waals surface area contributed by atoms with Crippen LogP contribution in [0.3, 0.4) is 0 Å². The zero-order valence-corrected chi connectivity index (χ0v) is 14.9. The van der Waals surface area contributed by atoms with E-state index in [1.807, 2.05) is 24.3 Å². The van der Waals surface area contributed by atoms with Gasteiger partial charge in [0.05, 0.1) is 12.7 Å². The number of anilines is 1. The molecule has 1 aliphatic heterocycles. The van der Waals surface area contributed by atoms with Crippen LogP contribution in [0.5, 0.6) is 5.75 Å². The molecule has 1 aliphatic rings. The highest BCUT2D eigenvalue weighted by atomic mass is 79.9. The third kappa shape index (κ3) is 3.53. The lowest BCUT2D eigenvalue weighted by Gasteiger charge is -2.36. The summed E-state index contributed by atoms with van der Waals surface area (Å²) in [5.74, 6) is 0.384. The van der Waals surface area contributed by atoms with Crippen molar-refractivity contribution in [1.82, 2.24) is 4.90 Å². The van der Waals surface area contributed by atoms with Gasteiger partial charge in [0.2, 0.25) is 0 Å². The molecule has 126 valence electrons. The van der Waals surface area contributed by atoms with Crippen LogP contribution in [0, 0.1) is 5.82 Å². The lowest BCUT2D eigenvalue weighted by molar-refractivity contribution is 0.0746. The molecule has 4 nitrogen and oxygen atoms in total. The van der Waals surface area contributed by atoms with Crippen molar-refractivity contribution in [2.45, 2.75) is 0 Å². The van der Waals surface area contributed by atoms with Crippen molar-refractivity contribution in [3.63, 3.8) is 0 Å². The Hall–Kier alpha value is -2.08. The number of methoxy groups -OCH3 is 1. The van der Waals surface area contributed by atoms with Crippen molar-refractivity contribution in [2.75, 3.05) is 38.2 Å².